The Bertz CT molecular complexity index is 195. The van der Waals surface area contributed by atoms with Gasteiger partial charge in [0.1, 0.15) is 0 Å². The quantitative estimate of drug-likeness (QED) is 0.689. The zero-order chi connectivity index (χ0) is 12.7. The van der Waals surface area contributed by atoms with Gasteiger partial charge in [0.15, 0.2) is 0 Å². The van der Waals surface area contributed by atoms with Gasteiger partial charge in [0.05, 0.1) is 6.10 Å². The molecule has 1 rings (SSSR count). The van der Waals surface area contributed by atoms with Crippen molar-refractivity contribution in [3.8, 4) is 0 Å². The third-order valence-corrected chi connectivity index (χ3v) is 4.49. The molecule has 1 fully saturated rings. The molecule has 2 nitrogen and oxygen atoms in total. The van der Waals surface area contributed by atoms with E-state index in [1.807, 2.05) is 0 Å². The Morgan fingerprint density at radius 1 is 1.24 bits per heavy atom. The lowest BCUT2D eigenvalue weighted by Crippen LogP contribution is -2.28. The van der Waals surface area contributed by atoms with Crippen molar-refractivity contribution in [2.45, 2.75) is 71.8 Å². The van der Waals surface area contributed by atoms with E-state index >= 15 is 0 Å². The fourth-order valence-electron chi connectivity index (χ4n) is 2.43. The third kappa shape index (κ3) is 5.39. The van der Waals surface area contributed by atoms with Crippen molar-refractivity contribution >= 4 is 0 Å². The molecule has 0 amide bonds. The van der Waals surface area contributed by atoms with Gasteiger partial charge in [-0.2, -0.15) is 0 Å². The fourth-order valence-corrected chi connectivity index (χ4v) is 2.43. The van der Waals surface area contributed by atoms with E-state index in [0.29, 0.717) is 0 Å². The minimum absolute atomic E-state index is 0.0820. The molecule has 1 aliphatic rings. The summed E-state index contributed by atoms with van der Waals surface area (Å²) in [5.41, 5.74) is 0.0820. The topological polar surface area (TPSA) is 29.5 Å². The number of unbranched alkanes of at least 4 members (excludes halogenated alkanes) is 1. The van der Waals surface area contributed by atoms with Crippen LogP contribution in [0.25, 0.3) is 0 Å². The normalized spacial score (nSPS) is 20.5. The average molecular weight is 242 g/mol. The van der Waals surface area contributed by atoms with Crippen LogP contribution in [0.4, 0.5) is 0 Å². The monoisotopic (exact) mass is 242 g/mol. The van der Waals surface area contributed by atoms with Gasteiger partial charge in [-0.25, -0.2) is 0 Å². The van der Waals surface area contributed by atoms with Gasteiger partial charge in [-0.05, 0) is 37.0 Å². The Hall–Kier alpha value is -0.0800. The van der Waals surface area contributed by atoms with Crippen LogP contribution < -0.4 is 0 Å². The van der Waals surface area contributed by atoms with E-state index in [1.165, 1.54) is 32.1 Å². The Balaban J connectivity index is 2.07. The Morgan fingerprint density at radius 2 is 1.88 bits per heavy atom. The molecule has 1 heterocycles. The van der Waals surface area contributed by atoms with E-state index in [4.69, 9.17) is 4.74 Å². The van der Waals surface area contributed by atoms with Crippen LogP contribution in [0, 0.1) is 11.3 Å². The number of hydrogen-bond acceptors (Lipinski definition) is 2. The Kier molecular flexibility index (Phi) is 6.50. The molecular formula is C15H30O2. The molecule has 1 N–H and O–H groups in total. The largest absolute Gasteiger partial charge is 0.393 e. The Labute approximate surface area is 107 Å². The summed E-state index contributed by atoms with van der Waals surface area (Å²) < 4.78 is 5.36. The molecule has 0 aliphatic carbocycles. The second-order valence-electron chi connectivity index (χ2n) is 6.20. The minimum Gasteiger partial charge on any atom is -0.393 e. The number of rotatable bonds is 7. The van der Waals surface area contributed by atoms with E-state index in [2.05, 4.69) is 20.8 Å². The van der Waals surface area contributed by atoms with E-state index < -0.39 is 0 Å². The van der Waals surface area contributed by atoms with Crippen LogP contribution >= 0.6 is 0 Å². The number of ether oxygens (including phenoxy) is 1. The fraction of sp³-hybridized carbons (Fsp3) is 1.00. The van der Waals surface area contributed by atoms with Crippen molar-refractivity contribution in [1.82, 2.24) is 0 Å². The van der Waals surface area contributed by atoms with Gasteiger partial charge in [0.25, 0.3) is 0 Å². The smallest absolute Gasteiger partial charge is 0.0591 e. The van der Waals surface area contributed by atoms with Gasteiger partial charge >= 0.3 is 0 Å². The predicted octanol–water partition coefficient (Wildman–Crippen LogP) is 3.77. The summed E-state index contributed by atoms with van der Waals surface area (Å²) in [6.45, 7) is 8.39. The Morgan fingerprint density at radius 3 is 2.47 bits per heavy atom. The van der Waals surface area contributed by atoms with Crippen molar-refractivity contribution in [2.75, 3.05) is 13.2 Å². The van der Waals surface area contributed by atoms with Gasteiger partial charge in [0.2, 0.25) is 0 Å². The first kappa shape index (κ1) is 15.0. The standard InChI is InChI=1S/C15H30O2/c1-4-15(2,3)14(16)8-6-5-7-13-9-11-17-12-10-13/h13-14,16H,4-12H2,1-3H3. The van der Waals surface area contributed by atoms with E-state index in [0.717, 1.165) is 32.0 Å². The summed E-state index contributed by atoms with van der Waals surface area (Å²) in [5.74, 6) is 0.875. The molecule has 0 radical (unpaired) electrons. The molecule has 1 saturated heterocycles. The van der Waals surface area contributed by atoms with Crippen LogP contribution in [0.15, 0.2) is 0 Å². The molecule has 0 aromatic carbocycles. The van der Waals surface area contributed by atoms with E-state index in [1.54, 1.807) is 0 Å². The highest BCUT2D eigenvalue weighted by molar-refractivity contribution is 4.76. The number of hydrogen-bond donors (Lipinski definition) is 1. The predicted molar refractivity (Wildman–Crippen MR) is 72.1 cm³/mol. The van der Waals surface area contributed by atoms with E-state index in [9.17, 15) is 5.11 Å². The zero-order valence-corrected chi connectivity index (χ0v) is 11.9. The molecule has 2 heteroatoms. The van der Waals surface area contributed by atoms with Crippen LogP contribution in [0.2, 0.25) is 0 Å². The van der Waals surface area contributed by atoms with Gasteiger partial charge in [0, 0.05) is 13.2 Å². The lowest BCUT2D eigenvalue weighted by molar-refractivity contribution is 0.0366. The molecule has 0 aromatic heterocycles. The van der Waals surface area contributed by atoms with Crippen LogP contribution in [0.3, 0.4) is 0 Å². The van der Waals surface area contributed by atoms with Gasteiger partial charge in [-0.15, -0.1) is 0 Å². The second-order valence-corrected chi connectivity index (χ2v) is 6.20. The first-order chi connectivity index (χ1) is 8.06. The maximum absolute atomic E-state index is 10.1. The maximum Gasteiger partial charge on any atom is 0.0591 e. The summed E-state index contributed by atoms with van der Waals surface area (Å²) in [6.07, 6.45) is 8.11. The highest BCUT2D eigenvalue weighted by Gasteiger charge is 2.25. The number of aliphatic hydroxyl groups is 1. The van der Waals surface area contributed by atoms with Crippen molar-refractivity contribution in [3.05, 3.63) is 0 Å². The van der Waals surface area contributed by atoms with Crippen LogP contribution in [0.5, 0.6) is 0 Å². The summed E-state index contributed by atoms with van der Waals surface area (Å²) in [7, 11) is 0. The van der Waals surface area contributed by atoms with Gasteiger partial charge in [-0.3, -0.25) is 0 Å². The van der Waals surface area contributed by atoms with Crippen LogP contribution in [-0.4, -0.2) is 24.4 Å². The van der Waals surface area contributed by atoms with Crippen molar-refractivity contribution < 1.29 is 9.84 Å². The van der Waals surface area contributed by atoms with Crippen molar-refractivity contribution in [3.63, 3.8) is 0 Å². The molecule has 0 bridgehead atoms. The highest BCUT2D eigenvalue weighted by atomic mass is 16.5. The van der Waals surface area contributed by atoms with Crippen molar-refractivity contribution in [1.29, 1.82) is 0 Å². The lowest BCUT2D eigenvalue weighted by Gasteiger charge is -2.29. The van der Waals surface area contributed by atoms with Gasteiger partial charge < -0.3 is 9.84 Å². The molecule has 1 unspecified atom stereocenters. The average Bonchev–Trinajstić information content (AvgIpc) is 2.35. The molecule has 0 aromatic rings. The first-order valence-electron chi connectivity index (χ1n) is 7.32. The summed E-state index contributed by atoms with van der Waals surface area (Å²) in [5, 5.41) is 10.1. The molecule has 102 valence electrons. The SMILES string of the molecule is CCC(C)(C)C(O)CCCCC1CCOCC1. The third-order valence-electron chi connectivity index (χ3n) is 4.49. The molecule has 1 atom stereocenters. The van der Waals surface area contributed by atoms with Crippen LogP contribution in [0.1, 0.15) is 65.7 Å². The second kappa shape index (κ2) is 7.38. The zero-order valence-electron chi connectivity index (χ0n) is 11.9. The molecule has 1 aliphatic heterocycles. The van der Waals surface area contributed by atoms with Crippen LogP contribution in [-0.2, 0) is 4.74 Å². The van der Waals surface area contributed by atoms with Crippen molar-refractivity contribution in [2.24, 2.45) is 11.3 Å². The summed E-state index contributed by atoms with van der Waals surface area (Å²) in [6, 6.07) is 0. The maximum atomic E-state index is 10.1. The van der Waals surface area contributed by atoms with E-state index in [-0.39, 0.29) is 11.5 Å². The highest BCUT2D eigenvalue weighted by Crippen LogP contribution is 2.29. The molecule has 0 spiro atoms. The molecule has 17 heavy (non-hydrogen) atoms. The molecular weight excluding hydrogens is 212 g/mol. The summed E-state index contributed by atoms with van der Waals surface area (Å²) >= 11 is 0. The van der Waals surface area contributed by atoms with Gasteiger partial charge in [-0.1, -0.05) is 40.0 Å². The minimum atomic E-state index is -0.137. The number of aliphatic hydroxyl groups excluding tert-OH is 1. The molecule has 0 saturated carbocycles. The first-order valence-corrected chi connectivity index (χ1v) is 7.32. The lowest BCUT2D eigenvalue weighted by atomic mass is 9.81. The summed E-state index contributed by atoms with van der Waals surface area (Å²) in [4.78, 5) is 0.